The Morgan fingerprint density at radius 3 is 2.74 bits per heavy atom. The van der Waals surface area contributed by atoms with Gasteiger partial charge in [0, 0.05) is 17.9 Å². The standard InChI is InChI=1S/C13H15ClN4O/c1-8(2)18-13(19)9(6-15)7-17-10-3-4-12(16)11(14)5-10/h3-5,7-8,17H,16H2,1-2H3,(H,18,19)/b9-7-. The molecule has 0 aliphatic rings. The van der Waals surface area contributed by atoms with Gasteiger partial charge in [0.1, 0.15) is 11.6 Å². The van der Waals surface area contributed by atoms with E-state index < -0.39 is 5.91 Å². The van der Waals surface area contributed by atoms with Crippen LogP contribution in [0.25, 0.3) is 0 Å². The number of benzene rings is 1. The van der Waals surface area contributed by atoms with Crippen molar-refractivity contribution < 1.29 is 4.79 Å². The molecule has 1 aromatic carbocycles. The number of nitrogens with zero attached hydrogens (tertiary/aromatic N) is 1. The third-order valence-electron chi connectivity index (χ3n) is 2.17. The van der Waals surface area contributed by atoms with E-state index in [0.29, 0.717) is 16.4 Å². The molecule has 6 heteroatoms. The number of carbonyl (C=O) groups is 1. The van der Waals surface area contributed by atoms with Crippen molar-refractivity contribution in [1.29, 1.82) is 5.26 Å². The van der Waals surface area contributed by atoms with Crippen molar-refractivity contribution in [1.82, 2.24) is 5.32 Å². The number of nitrogen functional groups attached to an aromatic ring is 1. The molecule has 1 rings (SSSR count). The summed E-state index contributed by atoms with van der Waals surface area (Å²) in [7, 11) is 0. The fraction of sp³-hybridized carbons (Fsp3) is 0.231. The van der Waals surface area contributed by atoms with E-state index in [1.807, 2.05) is 19.9 Å². The molecule has 1 amide bonds. The van der Waals surface area contributed by atoms with E-state index >= 15 is 0 Å². The summed E-state index contributed by atoms with van der Waals surface area (Å²) in [5, 5.41) is 14.8. The SMILES string of the molecule is CC(C)NC(=O)/C(C#N)=C\Nc1ccc(N)c(Cl)c1. The number of hydrogen-bond acceptors (Lipinski definition) is 4. The molecule has 19 heavy (non-hydrogen) atoms. The predicted molar refractivity (Wildman–Crippen MR) is 76.5 cm³/mol. The minimum atomic E-state index is -0.424. The first kappa shape index (κ1) is 14.9. The highest BCUT2D eigenvalue weighted by Crippen LogP contribution is 2.22. The molecule has 1 aromatic rings. The molecule has 0 saturated heterocycles. The lowest BCUT2D eigenvalue weighted by atomic mass is 10.2. The van der Waals surface area contributed by atoms with E-state index in [0.717, 1.165) is 0 Å². The molecular weight excluding hydrogens is 264 g/mol. The molecule has 0 aromatic heterocycles. The number of anilines is 2. The van der Waals surface area contributed by atoms with E-state index in [9.17, 15) is 4.79 Å². The Balaban J connectivity index is 2.80. The van der Waals surface area contributed by atoms with Crippen LogP contribution in [0, 0.1) is 11.3 Å². The van der Waals surface area contributed by atoms with Crippen molar-refractivity contribution in [2.45, 2.75) is 19.9 Å². The molecular formula is C13H15ClN4O. The Bertz CT molecular complexity index is 546. The van der Waals surface area contributed by atoms with Gasteiger partial charge in [0.05, 0.1) is 10.7 Å². The number of hydrogen-bond donors (Lipinski definition) is 3. The zero-order valence-corrected chi connectivity index (χ0v) is 11.5. The molecule has 0 aliphatic carbocycles. The van der Waals surface area contributed by atoms with Crippen molar-refractivity contribution in [2.24, 2.45) is 0 Å². The van der Waals surface area contributed by atoms with Gasteiger partial charge in [-0.25, -0.2) is 0 Å². The van der Waals surface area contributed by atoms with Crippen LogP contribution in [0.15, 0.2) is 30.0 Å². The third-order valence-corrected chi connectivity index (χ3v) is 2.50. The molecule has 0 atom stereocenters. The second-order valence-electron chi connectivity index (χ2n) is 4.18. The number of nitriles is 1. The van der Waals surface area contributed by atoms with Crippen molar-refractivity contribution >= 4 is 28.9 Å². The number of nitrogens with one attached hydrogen (secondary N) is 2. The van der Waals surface area contributed by atoms with Gasteiger partial charge < -0.3 is 16.4 Å². The topological polar surface area (TPSA) is 90.9 Å². The summed E-state index contributed by atoms with van der Waals surface area (Å²) in [5.74, 6) is -0.424. The van der Waals surface area contributed by atoms with Crippen molar-refractivity contribution in [3.63, 3.8) is 0 Å². The molecule has 4 N–H and O–H groups in total. The Kier molecular flexibility index (Phi) is 5.22. The highest BCUT2D eigenvalue weighted by Gasteiger charge is 2.09. The maximum absolute atomic E-state index is 11.6. The first-order valence-corrected chi connectivity index (χ1v) is 6.04. The van der Waals surface area contributed by atoms with Crippen LogP contribution < -0.4 is 16.4 Å². The number of rotatable bonds is 4. The monoisotopic (exact) mass is 278 g/mol. The van der Waals surface area contributed by atoms with E-state index in [4.69, 9.17) is 22.6 Å². The summed E-state index contributed by atoms with van der Waals surface area (Å²) >= 11 is 5.86. The summed E-state index contributed by atoms with van der Waals surface area (Å²) in [5.41, 5.74) is 6.68. The molecule has 5 nitrogen and oxygen atoms in total. The smallest absolute Gasteiger partial charge is 0.263 e. The van der Waals surface area contributed by atoms with E-state index in [-0.39, 0.29) is 11.6 Å². The van der Waals surface area contributed by atoms with Crippen molar-refractivity contribution in [3.05, 3.63) is 35.0 Å². The highest BCUT2D eigenvalue weighted by molar-refractivity contribution is 6.33. The van der Waals surface area contributed by atoms with Gasteiger partial charge in [-0.15, -0.1) is 0 Å². The van der Waals surface area contributed by atoms with Gasteiger partial charge in [0.25, 0.3) is 5.91 Å². The van der Waals surface area contributed by atoms with Crippen LogP contribution in [0.4, 0.5) is 11.4 Å². The zero-order chi connectivity index (χ0) is 14.4. The first-order chi connectivity index (χ1) is 8.93. The largest absolute Gasteiger partial charge is 0.398 e. The molecule has 0 heterocycles. The van der Waals surface area contributed by atoms with Crippen LogP contribution in [0.3, 0.4) is 0 Å². The molecule has 0 saturated carbocycles. The number of carbonyl (C=O) groups excluding carboxylic acids is 1. The summed E-state index contributed by atoms with van der Waals surface area (Å²) in [6, 6.07) is 6.75. The third kappa shape index (κ3) is 4.53. The fourth-order valence-corrected chi connectivity index (χ4v) is 1.44. The number of halogens is 1. The van der Waals surface area contributed by atoms with Crippen LogP contribution >= 0.6 is 11.6 Å². The molecule has 0 aliphatic heterocycles. The predicted octanol–water partition coefficient (Wildman–Crippen LogP) is 2.27. The van der Waals surface area contributed by atoms with E-state index in [2.05, 4.69) is 10.6 Å². The highest BCUT2D eigenvalue weighted by atomic mass is 35.5. The maximum atomic E-state index is 11.6. The van der Waals surface area contributed by atoms with Crippen LogP contribution in [-0.2, 0) is 4.79 Å². The fourth-order valence-electron chi connectivity index (χ4n) is 1.26. The molecule has 0 radical (unpaired) electrons. The van der Waals surface area contributed by atoms with E-state index in [1.165, 1.54) is 6.20 Å². The van der Waals surface area contributed by atoms with Crippen molar-refractivity contribution in [2.75, 3.05) is 11.1 Å². The molecule has 0 spiro atoms. The number of nitrogens with two attached hydrogens (primary N) is 1. The van der Waals surface area contributed by atoms with E-state index in [1.54, 1.807) is 18.2 Å². The van der Waals surface area contributed by atoms with Crippen LogP contribution in [0.5, 0.6) is 0 Å². The summed E-state index contributed by atoms with van der Waals surface area (Å²) in [6.07, 6.45) is 1.33. The van der Waals surface area contributed by atoms with Crippen molar-refractivity contribution in [3.8, 4) is 6.07 Å². The zero-order valence-electron chi connectivity index (χ0n) is 10.7. The maximum Gasteiger partial charge on any atom is 0.263 e. The summed E-state index contributed by atoms with van der Waals surface area (Å²) in [4.78, 5) is 11.6. The minimum absolute atomic E-state index is 0.0124. The van der Waals surface area contributed by atoms with Gasteiger partial charge in [0.15, 0.2) is 0 Å². The van der Waals surface area contributed by atoms with Crippen LogP contribution in [-0.4, -0.2) is 11.9 Å². The minimum Gasteiger partial charge on any atom is -0.398 e. The second-order valence-corrected chi connectivity index (χ2v) is 4.59. The van der Waals surface area contributed by atoms with Gasteiger partial charge in [-0.3, -0.25) is 4.79 Å². The lowest BCUT2D eigenvalue weighted by Gasteiger charge is -2.08. The van der Waals surface area contributed by atoms with Gasteiger partial charge in [-0.05, 0) is 32.0 Å². The Morgan fingerprint density at radius 2 is 2.21 bits per heavy atom. The molecule has 100 valence electrons. The second kappa shape index (κ2) is 6.66. The lowest BCUT2D eigenvalue weighted by Crippen LogP contribution is -2.31. The molecule has 0 bridgehead atoms. The average Bonchev–Trinajstić information content (AvgIpc) is 2.33. The summed E-state index contributed by atoms with van der Waals surface area (Å²) < 4.78 is 0. The van der Waals surface area contributed by atoms with Gasteiger partial charge in [-0.2, -0.15) is 5.26 Å². The lowest BCUT2D eigenvalue weighted by molar-refractivity contribution is -0.117. The Morgan fingerprint density at radius 1 is 1.53 bits per heavy atom. The molecule has 0 fully saturated rings. The van der Waals surface area contributed by atoms with Gasteiger partial charge >= 0.3 is 0 Å². The summed E-state index contributed by atoms with van der Waals surface area (Å²) in [6.45, 7) is 3.64. The number of amides is 1. The quantitative estimate of drug-likeness (QED) is 0.448. The first-order valence-electron chi connectivity index (χ1n) is 5.66. The van der Waals surface area contributed by atoms with Crippen LogP contribution in [0.1, 0.15) is 13.8 Å². The normalized spacial score (nSPS) is 11.0. The van der Waals surface area contributed by atoms with Crippen LogP contribution in [0.2, 0.25) is 5.02 Å². The average molecular weight is 279 g/mol. The van der Waals surface area contributed by atoms with Gasteiger partial charge in [-0.1, -0.05) is 11.6 Å². The Labute approximate surface area is 117 Å². The van der Waals surface area contributed by atoms with Gasteiger partial charge in [0.2, 0.25) is 0 Å². The Hall–Kier alpha value is -2.19. The molecule has 0 unspecified atom stereocenters.